The average Bonchev–Trinajstić information content (AvgIpc) is 2.37. The Morgan fingerprint density at radius 1 is 1.44 bits per heavy atom. The van der Waals surface area contributed by atoms with E-state index in [0.29, 0.717) is 16.2 Å². The Labute approximate surface area is 103 Å². The lowest BCUT2D eigenvalue weighted by atomic mass is 10.1. The number of hydrogen-bond donors (Lipinski definition) is 1. The zero-order valence-corrected chi connectivity index (χ0v) is 11.2. The van der Waals surface area contributed by atoms with E-state index < -0.39 is 9.84 Å². The average molecular weight is 302 g/mol. The molecule has 0 aromatic heterocycles. The largest absolute Gasteiger partial charge is 0.328 e. The molecule has 2 N–H and O–H groups in total. The molecule has 0 spiro atoms. The molecule has 5 heteroatoms. The maximum atomic E-state index is 12.1. The van der Waals surface area contributed by atoms with Crippen molar-refractivity contribution in [3.8, 4) is 0 Å². The Balaban J connectivity index is 2.52. The first-order chi connectivity index (χ1) is 7.41. The van der Waals surface area contributed by atoms with E-state index in [1.807, 2.05) is 0 Å². The van der Waals surface area contributed by atoms with Crippen LogP contribution in [0.3, 0.4) is 0 Å². The van der Waals surface area contributed by atoms with E-state index >= 15 is 0 Å². The summed E-state index contributed by atoms with van der Waals surface area (Å²) in [6.45, 7) is 1.80. The number of sulfone groups is 1. The van der Waals surface area contributed by atoms with Gasteiger partial charge in [-0.2, -0.15) is 0 Å². The standard InChI is InChI=1S/C11H12BrNO2S/c1-7(13)4-10-6-8-5-9(12)2-3-11(8)16(10,14)15/h2-3,5-7H,4,13H2,1H3. The third kappa shape index (κ3) is 1.95. The molecular formula is C11H12BrNO2S. The Hall–Kier alpha value is -0.650. The van der Waals surface area contributed by atoms with Crippen molar-refractivity contribution in [1.82, 2.24) is 0 Å². The summed E-state index contributed by atoms with van der Waals surface area (Å²) in [6, 6.07) is 5.01. The quantitative estimate of drug-likeness (QED) is 0.912. The second-order valence-corrected chi connectivity index (χ2v) is 6.86. The second kappa shape index (κ2) is 3.98. The van der Waals surface area contributed by atoms with Gasteiger partial charge in [-0.3, -0.25) is 0 Å². The first-order valence-corrected chi connectivity index (χ1v) is 7.19. The van der Waals surface area contributed by atoms with Gasteiger partial charge in [-0.1, -0.05) is 15.9 Å². The van der Waals surface area contributed by atoms with Crippen molar-refractivity contribution in [2.45, 2.75) is 24.3 Å². The zero-order chi connectivity index (χ0) is 11.9. The van der Waals surface area contributed by atoms with E-state index in [1.54, 1.807) is 31.2 Å². The molecule has 0 aliphatic carbocycles. The van der Waals surface area contributed by atoms with Crippen LogP contribution in [-0.2, 0) is 9.84 Å². The molecule has 0 radical (unpaired) electrons. The number of benzene rings is 1. The van der Waals surface area contributed by atoms with Gasteiger partial charge in [0.05, 0.1) is 9.80 Å². The van der Waals surface area contributed by atoms with Gasteiger partial charge in [0.2, 0.25) is 9.84 Å². The molecule has 0 bridgehead atoms. The van der Waals surface area contributed by atoms with Crippen molar-refractivity contribution in [1.29, 1.82) is 0 Å². The van der Waals surface area contributed by atoms with Gasteiger partial charge in [-0.25, -0.2) is 8.42 Å². The van der Waals surface area contributed by atoms with E-state index in [0.717, 1.165) is 10.0 Å². The van der Waals surface area contributed by atoms with Crippen molar-refractivity contribution in [2.24, 2.45) is 5.73 Å². The van der Waals surface area contributed by atoms with Gasteiger partial charge in [-0.15, -0.1) is 0 Å². The Bertz CT molecular complexity index is 561. The van der Waals surface area contributed by atoms with Crippen LogP contribution in [0.25, 0.3) is 6.08 Å². The van der Waals surface area contributed by atoms with Crippen LogP contribution in [0.5, 0.6) is 0 Å². The lowest BCUT2D eigenvalue weighted by Crippen LogP contribution is -2.17. The summed E-state index contributed by atoms with van der Waals surface area (Å²) in [5.41, 5.74) is 6.38. The Morgan fingerprint density at radius 2 is 2.12 bits per heavy atom. The maximum absolute atomic E-state index is 12.1. The normalized spacial score (nSPS) is 19.1. The highest BCUT2D eigenvalue weighted by Crippen LogP contribution is 2.36. The van der Waals surface area contributed by atoms with Gasteiger partial charge in [0.1, 0.15) is 0 Å². The minimum atomic E-state index is -3.30. The van der Waals surface area contributed by atoms with Crippen molar-refractivity contribution < 1.29 is 8.42 Å². The minimum absolute atomic E-state index is 0.154. The van der Waals surface area contributed by atoms with E-state index in [-0.39, 0.29) is 6.04 Å². The monoisotopic (exact) mass is 301 g/mol. The fourth-order valence-corrected chi connectivity index (χ4v) is 3.86. The predicted octanol–water partition coefficient (Wildman–Crippen LogP) is 2.31. The molecule has 1 unspecified atom stereocenters. The molecule has 86 valence electrons. The molecule has 0 saturated heterocycles. The van der Waals surface area contributed by atoms with Crippen LogP contribution >= 0.6 is 15.9 Å². The smallest absolute Gasteiger partial charge is 0.203 e. The molecule has 0 fully saturated rings. The van der Waals surface area contributed by atoms with Gasteiger partial charge in [0.25, 0.3) is 0 Å². The molecule has 3 nitrogen and oxygen atoms in total. The predicted molar refractivity (Wildman–Crippen MR) is 67.6 cm³/mol. The van der Waals surface area contributed by atoms with Crippen LogP contribution in [0, 0.1) is 0 Å². The molecular weight excluding hydrogens is 290 g/mol. The molecule has 1 atom stereocenters. The number of rotatable bonds is 2. The highest BCUT2D eigenvalue weighted by Gasteiger charge is 2.29. The van der Waals surface area contributed by atoms with E-state index in [2.05, 4.69) is 15.9 Å². The van der Waals surface area contributed by atoms with Crippen LogP contribution in [0.2, 0.25) is 0 Å². The first kappa shape index (κ1) is 11.8. The first-order valence-electron chi connectivity index (χ1n) is 4.92. The van der Waals surface area contributed by atoms with Crippen LogP contribution < -0.4 is 5.73 Å². The van der Waals surface area contributed by atoms with E-state index in [4.69, 9.17) is 5.73 Å². The lowest BCUT2D eigenvalue weighted by Gasteiger charge is -2.06. The summed E-state index contributed by atoms with van der Waals surface area (Å²) >= 11 is 3.32. The van der Waals surface area contributed by atoms with Gasteiger partial charge in [0, 0.05) is 10.5 Å². The number of fused-ring (bicyclic) bond motifs is 1. The van der Waals surface area contributed by atoms with Gasteiger partial charge >= 0.3 is 0 Å². The zero-order valence-electron chi connectivity index (χ0n) is 8.77. The van der Waals surface area contributed by atoms with E-state index in [9.17, 15) is 8.42 Å². The number of halogens is 1. The Morgan fingerprint density at radius 3 is 2.75 bits per heavy atom. The topological polar surface area (TPSA) is 60.2 Å². The summed E-state index contributed by atoms with van der Waals surface area (Å²) in [5.74, 6) is 0. The van der Waals surface area contributed by atoms with Crippen LogP contribution in [0.15, 0.2) is 32.5 Å². The molecule has 1 heterocycles. The Kier molecular flexibility index (Phi) is 2.94. The fourth-order valence-electron chi connectivity index (χ4n) is 1.76. The molecule has 1 aromatic carbocycles. The number of nitrogens with two attached hydrogens (primary N) is 1. The lowest BCUT2D eigenvalue weighted by molar-refractivity contribution is 0.599. The van der Waals surface area contributed by atoms with E-state index in [1.165, 1.54) is 0 Å². The van der Waals surface area contributed by atoms with Crippen molar-refractivity contribution in [3.63, 3.8) is 0 Å². The van der Waals surface area contributed by atoms with Gasteiger partial charge in [0.15, 0.2) is 0 Å². The molecule has 0 amide bonds. The maximum Gasteiger partial charge on any atom is 0.203 e. The summed E-state index contributed by atoms with van der Waals surface area (Å²) in [5, 5.41) is 0. The fraction of sp³-hybridized carbons (Fsp3) is 0.273. The summed E-state index contributed by atoms with van der Waals surface area (Å²) < 4.78 is 25.1. The molecule has 16 heavy (non-hydrogen) atoms. The SMILES string of the molecule is CC(N)CC1=Cc2cc(Br)ccc2S1(=O)=O. The van der Waals surface area contributed by atoms with Crippen LogP contribution in [-0.4, -0.2) is 14.5 Å². The summed E-state index contributed by atoms with van der Waals surface area (Å²) in [4.78, 5) is 0.793. The highest BCUT2D eigenvalue weighted by molar-refractivity contribution is 9.10. The highest BCUT2D eigenvalue weighted by atomic mass is 79.9. The van der Waals surface area contributed by atoms with Crippen LogP contribution in [0.4, 0.5) is 0 Å². The summed E-state index contributed by atoms with van der Waals surface area (Å²) in [7, 11) is -3.30. The molecule has 2 rings (SSSR count). The van der Waals surface area contributed by atoms with Gasteiger partial charge in [-0.05, 0) is 43.2 Å². The van der Waals surface area contributed by atoms with Gasteiger partial charge < -0.3 is 5.73 Å². The second-order valence-electron chi connectivity index (χ2n) is 3.98. The van der Waals surface area contributed by atoms with Crippen LogP contribution in [0.1, 0.15) is 18.9 Å². The molecule has 0 saturated carbocycles. The van der Waals surface area contributed by atoms with Crippen molar-refractivity contribution >= 4 is 31.8 Å². The number of hydrogen-bond acceptors (Lipinski definition) is 3. The summed E-state index contributed by atoms with van der Waals surface area (Å²) in [6.07, 6.45) is 2.09. The molecule has 1 aliphatic heterocycles. The molecule has 1 aromatic rings. The third-order valence-corrected chi connectivity index (χ3v) is 4.87. The molecule has 1 aliphatic rings. The van der Waals surface area contributed by atoms with Crippen molar-refractivity contribution in [3.05, 3.63) is 33.1 Å². The third-order valence-electron chi connectivity index (χ3n) is 2.45. The van der Waals surface area contributed by atoms with Crippen molar-refractivity contribution in [2.75, 3.05) is 0 Å². The minimum Gasteiger partial charge on any atom is -0.328 e.